The molecule has 1 saturated heterocycles. The third-order valence-electron chi connectivity index (χ3n) is 6.81. The Morgan fingerprint density at radius 1 is 1.06 bits per heavy atom. The van der Waals surface area contributed by atoms with Gasteiger partial charge in [0.05, 0.1) is 24.8 Å². The van der Waals surface area contributed by atoms with E-state index in [0.29, 0.717) is 6.54 Å². The summed E-state index contributed by atoms with van der Waals surface area (Å²) in [7, 11) is 0. The van der Waals surface area contributed by atoms with Crippen molar-refractivity contribution in [3.05, 3.63) is 64.7 Å². The first-order valence-corrected chi connectivity index (χ1v) is 12.1. The Morgan fingerprint density at radius 2 is 1.86 bits per heavy atom. The highest BCUT2D eigenvalue weighted by Gasteiger charge is 2.39. The molecule has 192 valence electrons. The van der Waals surface area contributed by atoms with Crippen molar-refractivity contribution < 1.29 is 33.0 Å². The number of morpholine rings is 1. The van der Waals surface area contributed by atoms with E-state index in [1.54, 1.807) is 4.90 Å². The first-order chi connectivity index (χ1) is 17.3. The molecule has 1 atom stereocenters. The van der Waals surface area contributed by atoms with E-state index in [1.165, 1.54) is 29.3 Å². The Balaban J connectivity index is 1.22. The summed E-state index contributed by atoms with van der Waals surface area (Å²) >= 11 is 0. The number of aliphatic hydroxyl groups excluding tert-OH is 1. The number of fused-ring (bicyclic) bond motifs is 2. The quantitative estimate of drug-likeness (QED) is 0.675. The predicted octanol–water partition coefficient (Wildman–Crippen LogP) is 2.01. The zero-order valence-corrected chi connectivity index (χ0v) is 19.9. The molecule has 5 rings (SSSR count). The van der Waals surface area contributed by atoms with Gasteiger partial charge in [-0.25, -0.2) is 0 Å². The lowest BCUT2D eigenvalue weighted by Gasteiger charge is -2.32. The van der Waals surface area contributed by atoms with E-state index >= 15 is 0 Å². The number of nitrogens with zero attached hydrogens (tertiary/aromatic N) is 3. The smallest absolute Gasteiger partial charge is 0.373 e. The van der Waals surface area contributed by atoms with Gasteiger partial charge in [-0.05, 0) is 35.7 Å². The molecule has 3 aliphatic heterocycles. The van der Waals surface area contributed by atoms with Gasteiger partial charge in [0.2, 0.25) is 0 Å². The Morgan fingerprint density at radius 3 is 2.67 bits per heavy atom. The van der Waals surface area contributed by atoms with E-state index in [-0.39, 0.29) is 55.6 Å². The van der Waals surface area contributed by atoms with Crippen LogP contribution in [0.1, 0.15) is 31.8 Å². The predicted molar refractivity (Wildman–Crippen MR) is 126 cm³/mol. The van der Waals surface area contributed by atoms with Gasteiger partial charge in [0.15, 0.2) is 0 Å². The summed E-state index contributed by atoms with van der Waals surface area (Å²) < 4.78 is 37.2. The molecule has 10 heteroatoms. The lowest BCUT2D eigenvalue weighted by atomic mass is 10.00. The largest absolute Gasteiger partial charge is 0.491 e. The van der Waals surface area contributed by atoms with Crippen molar-refractivity contribution >= 4 is 11.8 Å². The van der Waals surface area contributed by atoms with Crippen molar-refractivity contribution in [2.75, 3.05) is 52.5 Å². The van der Waals surface area contributed by atoms with Crippen molar-refractivity contribution in [1.29, 1.82) is 0 Å². The highest BCUT2D eigenvalue weighted by Crippen LogP contribution is 2.28. The number of amides is 2. The molecule has 0 saturated carbocycles. The molecule has 0 radical (unpaired) electrons. The molecule has 0 unspecified atom stereocenters. The lowest BCUT2D eigenvalue weighted by molar-refractivity contribution is -0.263. The van der Waals surface area contributed by atoms with Crippen molar-refractivity contribution in [3.8, 4) is 5.75 Å². The number of alkyl halides is 2. The molecule has 2 amide bonds. The Labute approximate surface area is 208 Å². The van der Waals surface area contributed by atoms with Gasteiger partial charge in [-0.3, -0.25) is 14.5 Å². The average molecular weight is 502 g/mol. The standard InChI is InChI=1S/C26H29F2N3O5/c27-26(28)17-31(10-12-36-26)24(33)19-5-6-22-23(13-19)35-11-9-30(25(22)34)16-21(32)15-29-8-7-18-3-1-2-4-20(18)14-29/h1-6,13,21,32H,7-12,14-17H2/t21-/m1/s1. The molecule has 0 bridgehead atoms. The summed E-state index contributed by atoms with van der Waals surface area (Å²) in [5.41, 5.74) is 3.03. The normalized spacial score (nSPS) is 20.7. The molecule has 1 fully saturated rings. The maximum absolute atomic E-state index is 13.6. The van der Waals surface area contributed by atoms with Gasteiger partial charge >= 0.3 is 6.11 Å². The van der Waals surface area contributed by atoms with Crippen LogP contribution in [0.15, 0.2) is 42.5 Å². The van der Waals surface area contributed by atoms with Crippen LogP contribution in [0.4, 0.5) is 8.78 Å². The molecule has 0 spiro atoms. The molecule has 2 aromatic carbocycles. The molecule has 3 aliphatic rings. The van der Waals surface area contributed by atoms with Crippen LogP contribution >= 0.6 is 0 Å². The van der Waals surface area contributed by atoms with Gasteiger partial charge in [-0.2, -0.15) is 8.78 Å². The monoisotopic (exact) mass is 501 g/mol. The lowest BCUT2D eigenvalue weighted by Crippen LogP contribution is -2.49. The number of hydrogen-bond donors (Lipinski definition) is 1. The number of ether oxygens (including phenoxy) is 2. The van der Waals surface area contributed by atoms with E-state index in [9.17, 15) is 23.5 Å². The summed E-state index contributed by atoms with van der Waals surface area (Å²) in [6, 6.07) is 12.6. The zero-order chi connectivity index (χ0) is 25.3. The van der Waals surface area contributed by atoms with Crippen molar-refractivity contribution in [3.63, 3.8) is 0 Å². The van der Waals surface area contributed by atoms with Crippen LogP contribution in [-0.2, 0) is 17.7 Å². The fraction of sp³-hybridized carbons (Fsp3) is 0.462. The molecule has 2 aromatic rings. The van der Waals surface area contributed by atoms with E-state index in [4.69, 9.17) is 4.74 Å². The summed E-state index contributed by atoms with van der Waals surface area (Å²) in [5.74, 6) is -0.644. The first kappa shape index (κ1) is 24.6. The topological polar surface area (TPSA) is 82.5 Å². The SMILES string of the molecule is O=C(c1ccc2c(c1)OCCN(C[C@H](O)CN1CCc3ccccc3C1)C2=O)N1CCOC(F)(F)C1. The second-order valence-corrected chi connectivity index (χ2v) is 9.43. The first-order valence-electron chi connectivity index (χ1n) is 12.1. The van der Waals surface area contributed by atoms with Crippen LogP contribution in [0.5, 0.6) is 5.75 Å². The number of halogens is 2. The highest BCUT2D eigenvalue weighted by atomic mass is 19.3. The van der Waals surface area contributed by atoms with Gasteiger partial charge in [0.25, 0.3) is 11.8 Å². The highest BCUT2D eigenvalue weighted by molar-refractivity contribution is 6.00. The van der Waals surface area contributed by atoms with E-state index < -0.39 is 24.7 Å². The molecule has 36 heavy (non-hydrogen) atoms. The van der Waals surface area contributed by atoms with E-state index in [2.05, 4.69) is 21.8 Å². The third-order valence-corrected chi connectivity index (χ3v) is 6.81. The molecule has 8 nitrogen and oxygen atoms in total. The second-order valence-electron chi connectivity index (χ2n) is 9.43. The minimum absolute atomic E-state index is 0.0551. The number of carbonyl (C=O) groups is 2. The van der Waals surface area contributed by atoms with Crippen molar-refractivity contribution in [2.45, 2.75) is 25.2 Å². The number of benzene rings is 2. The van der Waals surface area contributed by atoms with Crippen LogP contribution in [0.2, 0.25) is 0 Å². The number of rotatable bonds is 5. The van der Waals surface area contributed by atoms with Crippen molar-refractivity contribution in [2.24, 2.45) is 0 Å². The Bertz CT molecular complexity index is 1140. The van der Waals surface area contributed by atoms with Crippen LogP contribution in [0, 0.1) is 0 Å². The van der Waals surface area contributed by atoms with E-state index in [0.717, 1.165) is 24.4 Å². The van der Waals surface area contributed by atoms with Gasteiger partial charge in [-0.15, -0.1) is 0 Å². The van der Waals surface area contributed by atoms with Crippen LogP contribution in [0.3, 0.4) is 0 Å². The van der Waals surface area contributed by atoms with Gasteiger partial charge in [-0.1, -0.05) is 24.3 Å². The van der Waals surface area contributed by atoms with Crippen molar-refractivity contribution in [1.82, 2.24) is 14.7 Å². The number of hydrogen-bond acceptors (Lipinski definition) is 6. The summed E-state index contributed by atoms with van der Waals surface area (Å²) in [6.07, 6.45) is -3.19. The zero-order valence-electron chi connectivity index (χ0n) is 19.9. The fourth-order valence-corrected chi connectivity index (χ4v) is 4.99. The fourth-order valence-electron chi connectivity index (χ4n) is 4.99. The Hall–Kier alpha value is -3.08. The number of aliphatic hydroxyl groups is 1. The molecule has 0 aliphatic carbocycles. The minimum Gasteiger partial charge on any atom is -0.491 e. The van der Waals surface area contributed by atoms with Crippen LogP contribution in [-0.4, -0.2) is 96.3 Å². The van der Waals surface area contributed by atoms with Gasteiger partial charge in [0.1, 0.15) is 18.9 Å². The second kappa shape index (κ2) is 10.1. The Kier molecular flexibility index (Phi) is 6.92. The van der Waals surface area contributed by atoms with Gasteiger partial charge in [0, 0.05) is 38.3 Å². The molecular weight excluding hydrogens is 472 g/mol. The number of carbonyl (C=O) groups excluding carboxylic acids is 2. The van der Waals surface area contributed by atoms with Gasteiger partial charge < -0.3 is 24.4 Å². The maximum Gasteiger partial charge on any atom is 0.373 e. The molecule has 0 aromatic heterocycles. The minimum atomic E-state index is -3.38. The average Bonchev–Trinajstić information content (AvgIpc) is 3.01. The number of β-amino-alcohol motifs (C(OH)–C–C–N with tert-alkyl or cyclic N) is 1. The summed E-state index contributed by atoms with van der Waals surface area (Å²) in [5, 5.41) is 10.8. The van der Waals surface area contributed by atoms with Crippen LogP contribution < -0.4 is 4.74 Å². The molecule has 1 N–H and O–H groups in total. The summed E-state index contributed by atoms with van der Waals surface area (Å²) in [4.78, 5) is 30.7. The summed E-state index contributed by atoms with van der Waals surface area (Å²) in [6.45, 7) is 1.67. The maximum atomic E-state index is 13.6. The molecule has 3 heterocycles. The molecular formula is C26H29F2N3O5. The van der Waals surface area contributed by atoms with Crippen LogP contribution in [0.25, 0.3) is 0 Å². The third kappa shape index (κ3) is 5.35. The van der Waals surface area contributed by atoms with E-state index in [1.807, 2.05) is 12.1 Å².